The van der Waals surface area contributed by atoms with Crippen LogP contribution in [0.5, 0.6) is 11.5 Å². The molecule has 1 N–H and O–H groups in total. The lowest BCUT2D eigenvalue weighted by Crippen LogP contribution is -2.19. The van der Waals surface area contributed by atoms with Gasteiger partial charge < -0.3 is 9.47 Å². The van der Waals surface area contributed by atoms with E-state index in [4.69, 9.17) is 9.47 Å². The number of hydrogen-bond acceptors (Lipinski definition) is 7. The average Bonchev–Trinajstić information content (AvgIpc) is 2.62. The van der Waals surface area contributed by atoms with Crippen LogP contribution in [0.15, 0.2) is 40.3 Å². The fraction of sp³-hybridized carbons (Fsp3) is 0.235. The molecular formula is C17H19N3O6S. The van der Waals surface area contributed by atoms with Crippen molar-refractivity contribution >= 4 is 21.9 Å². The standard InChI is InChI=1S/C17H19N3O6S/c1-11-5-6-12(2)17(7-11)27(23,24)19-18-10-13-8-15(25-3)16(26-4)9-14(13)20(21)22/h5-10,19H,1-4H3/b18-10-. The van der Waals surface area contributed by atoms with Crippen LogP contribution in [0.2, 0.25) is 0 Å². The van der Waals surface area contributed by atoms with Gasteiger partial charge in [0.05, 0.1) is 41.9 Å². The van der Waals surface area contributed by atoms with Gasteiger partial charge in [0.2, 0.25) is 0 Å². The zero-order valence-electron chi connectivity index (χ0n) is 15.2. The Morgan fingerprint density at radius 2 is 1.74 bits per heavy atom. The minimum Gasteiger partial charge on any atom is -0.493 e. The molecule has 0 aliphatic heterocycles. The second-order valence-electron chi connectivity index (χ2n) is 5.64. The molecule has 10 heteroatoms. The number of benzene rings is 2. The van der Waals surface area contributed by atoms with Crippen LogP contribution < -0.4 is 14.3 Å². The molecular weight excluding hydrogens is 374 g/mol. The molecule has 0 saturated carbocycles. The van der Waals surface area contributed by atoms with Gasteiger partial charge in [-0.25, -0.2) is 4.83 Å². The van der Waals surface area contributed by atoms with Crippen LogP contribution in [-0.4, -0.2) is 33.8 Å². The Labute approximate surface area is 156 Å². The quantitative estimate of drug-likeness (QED) is 0.438. The van der Waals surface area contributed by atoms with E-state index in [1.54, 1.807) is 26.0 Å². The Balaban J connectivity index is 2.37. The third-order valence-corrected chi connectivity index (χ3v) is 5.10. The van der Waals surface area contributed by atoms with Crippen LogP contribution >= 0.6 is 0 Å². The fourth-order valence-electron chi connectivity index (χ4n) is 2.36. The zero-order chi connectivity index (χ0) is 20.2. The van der Waals surface area contributed by atoms with Gasteiger partial charge >= 0.3 is 0 Å². The summed E-state index contributed by atoms with van der Waals surface area (Å²) in [6, 6.07) is 7.52. The predicted octanol–water partition coefficient (Wildman–Crippen LogP) is 2.54. The van der Waals surface area contributed by atoms with Crippen molar-refractivity contribution in [2.75, 3.05) is 14.2 Å². The topological polar surface area (TPSA) is 120 Å². The maximum Gasteiger partial charge on any atom is 0.282 e. The highest BCUT2D eigenvalue weighted by molar-refractivity contribution is 7.89. The number of nitrogens with zero attached hydrogens (tertiary/aromatic N) is 2. The van der Waals surface area contributed by atoms with Gasteiger partial charge in [0, 0.05) is 0 Å². The van der Waals surface area contributed by atoms with Gasteiger partial charge in [-0.3, -0.25) is 10.1 Å². The van der Waals surface area contributed by atoms with Crippen molar-refractivity contribution in [2.24, 2.45) is 5.10 Å². The van der Waals surface area contributed by atoms with Crippen molar-refractivity contribution in [1.29, 1.82) is 0 Å². The Bertz CT molecular complexity index is 1000. The van der Waals surface area contributed by atoms with Gasteiger partial charge in [-0.1, -0.05) is 12.1 Å². The zero-order valence-corrected chi connectivity index (χ0v) is 16.0. The number of aryl methyl sites for hydroxylation is 2. The van der Waals surface area contributed by atoms with Gasteiger partial charge in [-0.15, -0.1) is 0 Å². The van der Waals surface area contributed by atoms with Crippen molar-refractivity contribution in [3.63, 3.8) is 0 Å². The minimum atomic E-state index is -3.92. The molecule has 9 nitrogen and oxygen atoms in total. The monoisotopic (exact) mass is 393 g/mol. The first kappa shape index (κ1) is 20.2. The van der Waals surface area contributed by atoms with Gasteiger partial charge in [-0.05, 0) is 37.1 Å². The van der Waals surface area contributed by atoms with Crippen LogP contribution in [0.25, 0.3) is 0 Å². The number of methoxy groups -OCH3 is 2. The Hall–Kier alpha value is -3.14. The summed E-state index contributed by atoms with van der Waals surface area (Å²) in [6.07, 6.45) is 1.04. The molecule has 0 amide bonds. The van der Waals surface area contributed by atoms with Crippen LogP contribution in [0.1, 0.15) is 16.7 Å². The molecule has 0 fully saturated rings. The maximum atomic E-state index is 12.4. The van der Waals surface area contributed by atoms with E-state index in [0.717, 1.165) is 11.8 Å². The molecule has 0 heterocycles. The van der Waals surface area contributed by atoms with E-state index in [-0.39, 0.29) is 27.6 Å². The number of rotatable bonds is 7. The van der Waals surface area contributed by atoms with Gasteiger partial charge in [0.15, 0.2) is 11.5 Å². The molecule has 0 atom stereocenters. The molecule has 0 radical (unpaired) electrons. The Morgan fingerprint density at radius 3 is 2.33 bits per heavy atom. The van der Waals surface area contributed by atoms with Gasteiger partial charge in [0.25, 0.3) is 15.7 Å². The van der Waals surface area contributed by atoms with E-state index in [1.165, 1.54) is 32.4 Å². The smallest absolute Gasteiger partial charge is 0.282 e. The van der Waals surface area contributed by atoms with Crippen molar-refractivity contribution in [2.45, 2.75) is 18.7 Å². The highest BCUT2D eigenvalue weighted by Gasteiger charge is 2.19. The maximum absolute atomic E-state index is 12.4. The molecule has 0 saturated heterocycles. The second kappa shape index (κ2) is 8.04. The molecule has 2 aromatic rings. The second-order valence-corrected chi connectivity index (χ2v) is 7.27. The lowest BCUT2D eigenvalue weighted by atomic mass is 10.1. The molecule has 2 rings (SSSR count). The van der Waals surface area contributed by atoms with E-state index < -0.39 is 14.9 Å². The molecule has 0 aliphatic rings. The third kappa shape index (κ3) is 4.53. The predicted molar refractivity (Wildman–Crippen MR) is 100 cm³/mol. The fourth-order valence-corrected chi connectivity index (χ4v) is 3.48. The highest BCUT2D eigenvalue weighted by atomic mass is 32.2. The summed E-state index contributed by atoms with van der Waals surface area (Å²) in [5, 5.41) is 14.9. The van der Waals surface area contributed by atoms with Crippen LogP contribution in [0, 0.1) is 24.0 Å². The SMILES string of the molecule is COc1cc(/C=N\NS(=O)(=O)c2cc(C)ccc2C)c([N+](=O)[O-])cc1OC. The molecule has 0 aromatic heterocycles. The lowest BCUT2D eigenvalue weighted by Gasteiger charge is -2.09. The summed E-state index contributed by atoms with van der Waals surface area (Å²) < 4.78 is 35.0. The molecule has 2 aromatic carbocycles. The van der Waals surface area contributed by atoms with Crippen molar-refractivity contribution in [3.8, 4) is 11.5 Å². The normalized spacial score (nSPS) is 11.4. The van der Waals surface area contributed by atoms with Crippen LogP contribution in [-0.2, 0) is 10.0 Å². The summed E-state index contributed by atoms with van der Waals surface area (Å²) in [5.41, 5.74) is 1.09. The Morgan fingerprint density at radius 1 is 1.11 bits per heavy atom. The highest BCUT2D eigenvalue weighted by Crippen LogP contribution is 2.33. The number of nitro groups is 1. The number of ether oxygens (including phenoxy) is 2. The van der Waals surface area contributed by atoms with E-state index in [2.05, 4.69) is 9.93 Å². The summed E-state index contributed by atoms with van der Waals surface area (Å²) in [7, 11) is -1.18. The summed E-state index contributed by atoms with van der Waals surface area (Å²) >= 11 is 0. The number of hydrogen-bond donors (Lipinski definition) is 1. The van der Waals surface area contributed by atoms with E-state index in [0.29, 0.717) is 5.56 Å². The average molecular weight is 393 g/mol. The number of hydrazone groups is 1. The first-order valence-corrected chi connectivity index (χ1v) is 9.20. The molecule has 0 spiro atoms. The summed E-state index contributed by atoms with van der Waals surface area (Å²) in [4.78, 5) is 12.8. The van der Waals surface area contributed by atoms with Gasteiger partial charge in [-0.2, -0.15) is 13.5 Å². The number of sulfonamides is 1. The van der Waals surface area contributed by atoms with Crippen molar-refractivity contribution in [1.82, 2.24) is 4.83 Å². The van der Waals surface area contributed by atoms with Crippen LogP contribution in [0.3, 0.4) is 0 Å². The molecule has 144 valence electrons. The van der Waals surface area contributed by atoms with E-state index >= 15 is 0 Å². The Kier molecular flexibility index (Phi) is 6.01. The third-order valence-electron chi connectivity index (χ3n) is 3.74. The van der Waals surface area contributed by atoms with E-state index in [1.807, 2.05) is 0 Å². The van der Waals surface area contributed by atoms with E-state index in [9.17, 15) is 18.5 Å². The molecule has 0 unspecified atom stereocenters. The van der Waals surface area contributed by atoms with Crippen molar-refractivity contribution < 1.29 is 22.8 Å². The lowest BCUT2D eigenvalue weighted by molar-refractivity contribution is -0.385. The molecule has 0 aliphatic carbocycles. The number of nitrogens with one attached hydrogen (secondary N) is 1. The first-order valence-electron chi connectivity index (χ1n) is 7.72. The first-order chi connectivity index (χ1) is 12.7. The number of nitro benzene ring substituents is 1. The van der Waals surface area contributed by atoms with Gasteiger partial charge in [0.1, 0.15) is 0 Å². The van der Waals surface area contributed by atoms with Crippen LogP contribution in [0.4, 0.5) is 5.69 Å². The van der Waals surface area contributed by atoms with Crippen molar-refractivity contribution in [3.05, 3.63) is 57.1 Å². The summed E-state index contributed by atoms with van der Waals surface area (Å²) in [6.45, 7) is 3.44. The summed E-state index contributed by atoms with van der Waals surface area (Å²) in [5.74, 6) is 0.430. The molecule has 27 heavy (non-hydrogen) atoms. The molecule has 0 bridgehead atoms. The largest absolute Gasteiger partial charge is 0.493 e. The minimum absolute atomic E-state index is 0.0568.